The Morgan fingerprint density at radius 1 is 1.38 bits per heavy atom. The molecule has 0 saturated heterocycles. The van der Waals surface area contributed by atoms with E-state index >= 15 is 0 Å². The molecule has 0 unspecified atom stereocenters. The molecule has 0 saturated carbocycles. The summed E-state index contributed by atoms with van der Waals surface area (Å²) in [5.41, 5.74) is 0. The van der Waals surface area contributed by atoms with Gasteiger partial charge in [-0.2, -0.15) is 0 Å². The van der Waals surface area contributed by atoms with Crippen LogP contribution in [-0.2, 0) is 0 Å². The highest BCUT2D eigenvalue weighted by molar-refractivity contribution is 8.76. The molecular weight excluding hydrogens is 202 g/mol. The summed E-state index contributed by atoms with van der Waals surface area (Å²) in [4.78, 5) is 4.17. The van der Waals surface area contributed by atoms with E-state index in [1.54, 1.807) is 34.7 Å². The third-order valence-corrected chi connectivity index (χ3v) is 4.52. The Bertz CT molecular complexity index is 241. The Balaban J connectivity index is 2.35. The summed E-state index contributed by atoms with van der Waals surface area (Å²) in [6, 6.07) is 5.82. The molecule has 0 radical (unpaired) electrons. The van der Waals surface area contributed by atoms with Crippen molar-refractivity contribution in [3.63, 3.8) is 0 Å². The summed E-state index contributed by atoms with van der Waals surface area (Å²) >= 11 is 0. The summed E-state index contributed by atoms with van der Waals surface area (Å²) in [7, 11) is 3.24. The van der Waals surface area contributed by atoms with Gasteiger partial charge in [-0.1, -0.05) is 16.9 Å². The van der Waals surface area contributed by atoms with Crippen LogP contribution in [0.3, 0.4) is 0 Å². The van der Waals surface area contributed by atoms with Gasteiger partial charge >= 0.3 is 0 Å². The van der Waals surface area contributed by atoms with Crippen molar-refractivity contribution in [3.8, 4) is 0 Å². The molecule has 0 amide bonds. The Labute approximate surface area is 86.6 Å². The van der Waals surface area contributed by atoms with E-state index in [1.807, 2.05) is 25.1 Å². The van der Waals surface area contributed by atoms with E-state index in [0.717, 1.165) is 5.03 Å². The number of hydrogen-bond acceptors (Lipinski definition) is 4. The number of rotatable bonds is 4. The average Bonchev–Trinajstić information content (AvgIpc) is 2.15. The van der Waals surface area contributed by atoms with Gasteiger partial charge in [0.2, 0.25) is 0 Å². The lowest BCUT2D eigenvalue weighted by Gasteiger charge is -2.12. The lowest BCUT2D eigenvalue weighted by Crippen LogP contribution is -2.13. The van der Waals surface area contributed by atoms with E-state index in [9.17, 15) is 5.11 Å². The summed E-state index contributed by atoms with van der Waals surface area (Å²) < 4.78 is 0. The molecule has 0 aliphatic carbocycles. The Kier molecular flexibility index (Phi) is 4.62. The first-order valence-electron chi connectivity index (χ1n) is 4.12. The quantitative estimate of drug-likeness (QED) is 0.783. The van der Waals surface area contributed by atoms with Gasteiger partial charge in [0.25, 0.3) is 0 Å². The highest BCUT2D eigenvalue weighted by atomic mass is 33.1. The van der Waals surface area contributed by atoms with Crippen LogP contribution in [0.4, 0.5) is 0 Å². The number of aliphatic hydroxyl groups is 1. The topological polar surface area (TPSA) is 33.1 Å². The van der Waals surface area contributed by atoms with Crippen LogP contribution in [0, 0.1) is 0 Å². The molecule has 0 aromatic carbocycles. The van der Waals surface area contributed by atoms with Gasteiger partial charge in [0.15, 0.2) is 0 Å². The molecule has 2 atom stereocenters. The van der Waals surface area contributed by atoms with E-state index in [1.165, 1.54) is 0 Å². The molecule has 1 aromatic rings. The van der Waals surface area contributed by atoms with Crippen molar-refractivity contribution in [2.24, 2.45) is 0 Å². The third-order valence-electron chi connectivity index (χ3n) is 1.60. The van der Waals surface area contributed by atoms with Crippen LogP contribution in [0.25, 0.3) is 0 Å². The van der Waals surface area contributed by atoms with Crippen molar-refractivity contribution in [1.82, 2.24) is 4.98 Å². The maximum Gasteiger partial charge on any atom is 0.106 e. The standard InChI is InChI=1S/C9H13NOS2/c1-7(11)8(2)12-13-9-5-3-4-6-10-9/h3-8,11H,1-2H3/t7-,8-/m1/s1. The molecule has 0 aliphatic rings. The molecule has 1 aromatic heterocycles. The number of nitrogens with zero attached hydrogens (tertiary/aromatic N) is 1. The number of hydrogen-bond donors (Lipinski definition) is 1. The Morgan fingerprint density at radius 2 is 2.15 bits per heavy atom. The first kappa shape index (κ1) is 10.9. The van der Waals surface area contributed by atoms with Gasteiger partial charge in [0.1, 0.15) is 5.03 Å². The minimum Gasteiger partial charge on any atom is -0.392 e. The fourth-order valence-electron chi connectivity index (χ4n) is 0.602. The minimum absolute atomic E-state index is 0.229. The molecule has 0 fully saturated rings. The average molecular weight is 215 g/mol. The lowest BCUT2D eigenvalue weighted by molar-refractivity contribution is 0.197. The van der Waals surface area contributed by atoms with Gasteiger partial charge in [-0.05, 0) is 36.8 Å². The van der Waals surface area contributed by atoms with Crippen molar-refractivity contribution >= 4 is 21.6 Å². The van der Waals surface area contributed by atoms with Crippen LogP contribution >= 0.6 is 21.6 Å². The van der Waals surface area contributed by atoms with Gasteiger partial charge in [-0.3, -0.25) is 0 Å². The smallest absolute Gasteiger partial charge is 0.106 e. The van der Waals surface area contributed by atoms with Crippen molar-refractivity contribution in [2.45, 2.75) is 30.2 Å². The van der Waals surface area contributed by atoms with Crippen LogP contribution in [0.1, 0.15) is 13.8 Å². The normalized spacial score (nSPS) is 15.3. The molecule has 4 heteroatoms. The predicted octanol–water partition coefficient (Wildman–Crippen LogP) is 2.59. The van der Waals surface area contributed by atoms with Gasteiger partial charge in [0.05, 0.1) is 6.10 Å². The first-order valence-corrected chi connectivity index (χ1v) is 6.34. The second kappa shape index (κ2) is 5.52. The third kappa shape index (κ3) is 4.02. The van der Waals surface area contributed by atoms with Crippen molar-refractivity contribution in [3.05, 3.63) is 24.4 Å². The summed E-state index contributed by atoms with van der Waals surface area (Å²) in [6.45, 7) is 3.81. The molecule has 0 spiro atoms. The second-order valence-corrected chi connectivity index (χ2v) is 5.39. The first-order chi connectivity index (χ1) is 6.20. The zero-order valence-electron chi connectivity index (χ0n) is 7.68. The molecule has 13 heavy (non-hydrogen) atoms. The van der Waals surface area contributed by atoms with E-state index < -0.39 is 0 Å². The van der Waals surface area contributed by atoms with Crippen LogP contribution in [0.5, 0.6) is 0 Å². The van der Waals surface area contributed by atoms with E-state index in [2.05, 4.69) is 4.98 Å². The van der Waals surface area contributed by atoms with Gasteiger partial charge in [-0.15, -0.1) is 0 Å². The van der Waals surface area contributed by atoms with Crippen LogP contribution in [0.15, 0.2) is 29.4 Å². The lowest BCUT2D eigenvalue weighted by atomic mass is 10.3. The van der Waals surface area contributed by atoms with Gasteiger partial charge in [0, 0.05) is 11.4 Å². The second-order valence-electron chi connectivity index (χ2n) is 2.79. The molecule has 0 aliphatic heterocycles. The largest absolute Gasteiger partial charge is 0.392 e. The van der Waals surface area contributed by atoms with Crippen LogP contribution in [0.2, 0.25) is 0 Å². The fraction of sp³-hybridized carbons (Fsp3) is 0.444. The molecule has 2 nitrogen and oxygen atoms in total. The Morgan fingerprint density at radius 3 is 2.69 bits per heavy atom. The van der Waals surface area contributed by atoms with Crippen molar-refractivity contribution < 1.29 is 5.11 Å². The minimum atomic E-state index is -0.277. The number of aliphatic hydroxyl groups excluding tert-OH is 1. The highest BCUT2D eigenvalue weighted by Crippen LogP contribution is 2.33. The molecule has 72 valence electrons. The van der Waals surface area contributed by atoms with Crippen LogP contribution < -0.4 is 0 Å². The molecule has 0 bridgehead atoms. The van der Waals surface area contributed by atoms with E-state index in [0.29, 0.717) is 0 Å². The predicted molar refractivity (Wildman–Crippen MR) is 58.8 cm³/mol. The maximum atomic E-state index is 9.24. The zero-order chi connectivity index (χ0) is 9.68. The molecular formula is C9H13NOS2. The zero-order valence-corrected chi connectivity index (χ0v) is 9.31. The summed E-state index contributed by atoms with van der Waals surface area (Å²) in [5, 5.41) is 10.5. The SMILES string of the molecule is C[C@@H](O)[C@@H](C)SSc1ccccn1. The van der Waals surface area contributed by atoms with Gasteiger partial charge in [-0.25, -0.2) is 4.98 Å². The highest BCUT2D eigenvalue weighted by Gasteiger charge is 2.09. The van der Waals surface area contributed by atoms with E-state index in [4.69, 9.17) is 0 Å². The summed E-state index contributed by atoms with van der Waals surface area (Å²) in [6.07, 6.45) is 1.50. The monoisotopic (exact) mass is 215 g/mol. The van der Waals surface area contributed by atoms with E-state index in [-0.39, 0.29) is 11.4 Å². The molecule has 1 N–H and O–H groups in total. The van der Waals surface area contributed by atoms with Crippen molar-refractivity contribution in [2.75, 3.05) is 0 Å². The summed E-state index contributed by atoms with van der Waals surface area (Å²) in [5.74, 6) is 0. The maximum absolute atomic E-state index is 9.24. The van der Waals surface area contributed by atoms with Gasteiger partial charge < -0.3 is 5.11 Å². The number of aromatic nitrogens is 1. The molecule has 1 heterocycles. The Hall–Kier alpha value is -0.190. The van der Waals surface area contributed by atoms with Crippen LogP contribution in [-0.4, -0.2) is 21.4 Å². The fourth-order valence-corrected chi connectivity index (χ4v) is 2.78. The van der Waals surface area contributed by atoms with Crippen molar-refractivity contribution in [1.29, 1.82) is 0 Å². The molecule has 1 rings (SSSR count). The number of pyridine rings is 1.